The van der Waals surface area contributed by atoms with Gasteiger partial charge in [0, 0.05) is 54.7 Å². The minimum Gasteiger partial charge on any atom is -0.430 e. The van der Waals surface area contributed by atoms with E-state index in [2.05, 4.69) is 63.6 Å². The lowest BCUT2D eigenvalue weighted by atomic mass is 9.75. The molecule has 8 heteroatoms. The van der Waals surface area contributed by atoms with Crippen molar-refractivity contribution < 1.29 is 28.5 Å². The van der Waals surface area contributed by atoms with Crippen LogP contribution in [0.4, 0.5) is 9.59 Å². The fourth-order valence-electron chi connectivity index (χ4n) is 9.49. The molecule has 0 unspecified atom stereocenters. The summed E-state index contributed by atoms with van der Waals surface area (Å²) in [6.45, 7) is 13.2. The first-order valence-corrected chi connectivity index (χ1v) is 19.9. The maximum atomic E-state index is 13.9. The van der Waals surface area contributed by atoms with Crippen molar-refractivity contribution in [1.82, 2.24) is 9.97 Å². The molecule has 8 rings (SSSR count). The monoisotopic (exact) mass is 728 g/mol. The Morgan fingerprint density at radius 3 is 1.37 bits per heavy atom. The van der Waals surface area contributed by atoms with Crippen molar-refractivity contribution in [2.24, 2.45) is 35.5 Å². The van der Waals surface area contributed by atoms with Crippen LogP contribution in [0.5, 0.6) is 11.5 Å². The van der Waals surface area contributed by atoms with E-state index in [1.165, 1.54) is 0 Å². The molecule has 0 saturated heterocycles. The summed E-state index contributed by atoms with van der Waals surface area (Å²) in [5, 5.41) is 3.59. The second-order valence-corrected chi connectivity index (χ2v) is 16.7. The van der Waals surface area contributed by atoms with Gasteiger partial charge in [0.05, 0.1) is 0 Å². The largest absolute Gasteiger partial charge is 0.514 e. The van der Waals surface area contributed by atoms with E-state index >= 15 is 0 Å². The molecule has 0 bridgehead atoms. The Morgan fingerprint density at radius 2 is 0.963 bits per heavy atom. The Morgan fingerprint density at radius 1 is 0.556 bits per heavy atom. The maximum absolute atomic E-state index is 13.9. The molecule has 2 fully saturated rings. The molecule has 0 radical (unpaired) electrons. The Labute approximate surface area is 316 Å². The maximum Gasteiger partial charge on any atom is 0.514 e. The summed E-state index contributed by atoms with van der Waals surface area (Å²) in [5.41, 5.74) is 4.84. The Kier molecular flexibility index (Phi) is 9.80. The Hall–Kier alpha value is -4.98. The van der Waals surface area contributed by atoms with Gasteiger partial charge in [-0.2, -0.15) is 0 Å². The van der Waals surface area contributed by atoms with Crippen LogP contribution in [-0.4, -0.2) is 34.5 Å². The zero-order valence-electron chi connectivity index (χ0n) is 32.2. The zero-order chi connectivity index (χ0) is 37.7. The van der Waals surface area contributed by atoms with E-state index in [4.69, 9.17) is 18.9 Å². The second-order valence-electron chi connectivity index (χ2n) is 16.7. The van der Waals surface area contributed by atoms with Gasteiger partial charge in [-0.1, -0.05) is 90.8 Å². The number of ether oxygens (including phenoxy) is 4. The predicted molar refractivity (Wildman–Crippen MR) is 215 cm³/mol. The van der Waals surface area contributed by atoms with E-state index in [1.807, 2.05) is 60.7 Å². The molecule has 6 aromatic rings. The van der Waals surface area contributed by atoms with Crippen LogP contribution >= 0.6 is 0 Å². The molecule has 2 aromatic heterocycles. The summed E-state index contributed by atoms with van der Waals surface area (Å²) < 4.78 is 25.0. The average molecular weight is 729 g/mol. The number of rotatable bonds is 7. The predicted octanol–water partition coefficient (Wildman–Crippen LogP) is 12.6. The SMILES string of the molecule is CC(C)[C@H]1CC[C@H](C)C[C@@H]1OC(=O)Oc1ccc2[nH]c3ccccc3c2c1-c1c(OC(=O)O[C@H]2C[C@@H](C)CC[C@@H]2C(C)C)ccc2[nH]c3ccccc3c12. The van der Waals surface area contributed by atoms with Gasteiger partial charge >= 0.3 is 12.3 Å². The summed E-state index contributed by atoms with van der Waals surface area (Å²) in [6.07, 6.45) is 3.94. The van der Waals surface area contributed by atoms with Crippen molar-refractivity contribution in [3.63, 3.8) is 0 Å². The number of aromatic amines is 2. The third-order valence-electron chi connectivity index (χ3n) is 12.3. The third kappa shape index (κ3) is 6.80. The molecular weight excluding hydrogens is 677 g/mol. The van der Waals surface area contributed by atoms with Gasteiger partial charge in [0.15, 0.2) is 0 Å². The molecule has 2 heterocycles. The highest BCUT2D eigenvalue weighted by Crippen LogP contribution is 2.49. The fraction of sp³-hybridized carbons (Fsp3) is 0.435. The molecule has 4 aromatic carbocycles. The molecule has 2 N–H and O–H groups in total. The molecule has 2 aliphatic carbocycles. The molecule has 2 aliphatic rings. The number of hydrogen-bond acceptors (Lipinski definition) is 6. The van der Waals surface area contributed by atoms with Gasteiger partial charge in [-0.15, -0.1) is 0 Å². The molecular formula is C46H52N2O6. The summed E-state index contributed by atoms with van der Waals surface area (Å²) in [7, 11) is 0. The highest BCUT2D eigenvalue weighted by molar-refractivity contribution is 6.23. The van der Waals surface area contributed by atoms with Crippen LogP contribution in [0.1, 0.15) is 80.1 Å². The van der Waals surface area contributed by atoms with E-state index in [1.54, 1.807) is 0 Å². The molecule has 0 spiro atoms. The van der Waals surface area contributed by atoms with Gasteiger partial charge in [-0.3, -0.25) is 0 Å². The van der Waals surface area contributed by atoms with Gasteiger partial charge in [-0.25, -0.2) is 9.59 Å². The van der Waals surface area contributed by atoms with E-state index in [9.17, 15) is 9.59 Å². The van der Waals surface area contributed by atoms with Crippen molar-refractivity contribution in [2.75, 3.05) is 0 Å². The van der Waals surface area contributed by atoms with Crippen LogP contribution in [0, 0.1) is 35.5 Å². The lowest BCUT2D eigenvalue weighted by Crippen LogP contribution is -2.36. The van der Waals surface area contributed by atoms with Gasteiger partial charge in [0.1, 0.15) is 23.7 Å². The van der Waals surface area contributed by atoms with Crippen LogP contribution < -0.4 is 9.47 Å². The fourth-order valence-corrected chi connectivity index (χ4v) is 9.49. The molecule has 0 amide bonds. The minimum atomic E-state index is -0.737. The van der Waals surface area contributed by atoms with Crippen LogP contribution in [0.25, 0.3) is 54.7 Å². The highest BCUT2D eigenvalue weighted by Gasteiger charge is 2.36. The van der Waals surface area contributed by atoms with Crippen LogP contribution in [0.15, 0.2) is 72.8 Å². The summed E-state index contributed by atoms with van der Waals surface area (Å²) in [6, 6.07) is 23.6. The lowest BCUT2D eigenvalue weighted by Gasteiger charge is -2.36. The first kappa shape index (κ1) is 36.0. The zero-order valence-corrected chi connectivity index (χ0v) is 32.2. The number of nitrogens with one attached hydrogen (secondary N) is 2. The molecule has 8 nitrogen and oxygen atoms in total. The summed E-state index contributed by atoms with van der Waals surface area (Å²) >= 11 is 0. The third-order valence-corrected chi connectivity index (χ3v) is 12.3. The van der Waals surface area contributed by atoms with E-state index < -0.39 is 12.3 Å². The van der Waals surface area contributed by atoms with Crippen molar-refractivity contribution in [3.05, 3.63) is 72.8 Å². The number of benzene rings is 4. The number of carbonyl (C=O) groups is 2. The smallest absolute Gasteiger partial charge is 0.430 e. The number of aromatic nitrogens is 2. The van der Waals surface area contributed by atoms with Gasteiger partial charge in [-0.05, 0) is 97.6 Å². The quantitative estimate of drug-likeness (QED) is 0.125. The first-order valence-electron chi connectivity index (χ1n) is 19.9. The molecule has 6 atom stereocenters. The van der Waals surface area contributed by atoms with Crippen molar-refractivity contribution in [3.8, 4) is 22.6 Å². The van der Waals surface area contributed by atoms with Crippen LogP contribution in [-0.2, 0) is 9.47 Å². The van der Waals surface area contributed by atoms with Crippen LogP contribution in [0.3, 0.4) is 0 Å². The van der Waals surface area contributed by atoms with Crippen LogP contribution in [0.2, 0.25) is 0 Å². The second kappa shape index (κ2) is 14.7. The average Bonchev–Trinajstić information content (AvgIpc) is 3.70. The molecule has 54 heavy (non-hydrogen) atoms. The highest BCUT2D eigenvalue weighted by atomic mass is 16.7. The van der Waals surface area contributed by atoms with Crippen molar-refractivity contribution in [1.29, 1.82) is 0 Å². The summed E-state index contributed by atoms with van der Waals surface area (Å²) in [4.78, 5) is 35.0. The van der Waals surface area contributed by atoms with Gasteiger partial charge in [0.2, 0.25) is 0 Å². The normalized spacial score (nSPS) is 23.4. The lowest BCUT2D eigenvalue weighted by molar-refractivity contribution is -0.0145. The van der Waals surface area contributed by atoms with Gasteiger partial charge < -0.3 is 28.9 Å². The standard InChI is InChI=1S/C46H52N2O6/c1-25(2)29-17-15-27(5)23-39(29)53-45(49)51-37-21-19-35-41(31-11-7-9-13-33(31)47-35)43(37)44-38(22-20-36-42(44)32-12-8-10-14-34(32)48-36)52-46(50)54-40-24-28(6)16-18-30(40)26(3)4/h7-14,19-22,25-30,39-40,47-48H,15-18,23-24H2,1-6H3/t27-,28-,29+,30+,39-,40-/m0/s1. The molecule has 0 aliphatic heterocycles. The topological polar surface area (TPSA) is 103 Å². The van der Waals surface area contributed by atoms with Crippen molar-refractivity contribution in [2.45, 2.75) is 92.3 Å². The number of para-hydroxylation sites is 2. The van der Waals surface area contributed by atoms with E-state index in [0.717, 1.165) is 82.1 Å². The van der Waals surface area contributed by atoms with Crippen molar-refractivity contribution >= 4 is 55.9 Å². The first-order chi connectivity index (χ1) is 26.0. The van der Waals surface area contributed by atoms with Gasteiger partial charge in [0.25, 0.3) is 0 Å². The van der Waals surface area contributed by atoms with E-state index in [0.29, 0.717) is 46.3 Å². The number of H-pyrrole nitrogens is 2. The summed E-state index contributed by atoms with van der Waals surface area (Å²) in [5.74, 6) is 2.83. The Bertz CT molecular complexity index is 2170. The molecule has 282 valence electrons. The minimum absolute atomic E-state index is 0.232. The number of carbonyl (C=O) groups excluding carboxylic acids is 2. The van der Waals surface area contributed by atoms with E-state index in [-0.39, 0.29) is 24.0 Å². The number of hydrogen-bond donors (Lipinski definition) is 2. The molecule has 2 saturated carbocycles. The number of fused-ring (bicyclic) bond motifs is 6. The Balaban J connectivity index is 1.28.